The standard InChI is InChI=1S/C52H76N2O8/c1-13-61-43(57)25-31-53-46(59)52-28-22-36(33(2)32-54(11)41(55)20-21-42(56)60-12)44(52)38-18-19-40-49(8)26-23-37(34-14-16-35(17-15-34)45(58)62-47(3,4)5)48(6,7)39(49)24-27-51(40,10)50(38,9)29-30-52/h14-17,23,36,38-40,44H,2,13,18-22,24-32H2,1,3-12H3,(H,53,59). The molecule has 0 aliphatic heterocycles. The third kappa shape index (κ3) is 8.42. The van der Waals surface area contributed by atoms with Crippen molar-refractivity contribution in [3.8, 4) is 0 Å². The molecule has 0 bridgehead atoms. The van der Waals surface area contributed by atoms with Crippen LogP contribution in [0, 0.1) is 56.7 Å². The fraction of sp³-hybridized carbons (Fsp3) is 0.712. The molecule has 10 nitrogen and oxygen atoms in total. The number of benzene rings is 1. The Morgan fingerprint density at radius 3 is 2.18 bits per heavy atom. The van der Waals surface area contributed by atoms with Crippen LogP contribution in [0.4, 0.5) is 0 Å². The lowest BCUT2D eigenvalue weighted by atomic mass is 9.32. The van der Waals surface area contributed by atoms with Gasteiger partial charge < -0.3 is 24.4 Å². The molecule has 10 heteroatoms. The first-order valence-electron chi connectivity index (χ1n) is 23.5. The van der Waals surface area contributed by atoms with E-state index in [1.807, 2.05) is 32.9 Å². The second-order valence-electron chi connectivity index (χ2n) is 21.9. The Bertz CT molecular complexity index is 1940. The third-order valence-corrected chi connectivity index (χ3v) is 17.4. The van der Waals surface area contributed by atoms with Crippen molar-refractivity contribution in [1.82, 2.24) is 10.2 Å². The summed E-state index contributed by atoms with van der Waals surface area (Å²) in [7, 11) is 3.10. The van der Waals surface area contributed by atoms with Gasteiger partial charge in [-0.05, 0) is 160 Å². The van der Waals surface area contributed by atoms with Crippen molar-refractivity contribution in [1.29, 1.82) is 0 Å². The van der Waals surface area contributed by atoms with Crippen LogP contribution in [-0.2, 0) is 33.4 Å². The summed E-state index contributed by atoms with van der Waals surface area (Å²) in [5.41, 5.74) is 2.93. The number of likely N-dealkylation sites (N-methyl/N-ethyl adjacent to an activating group) is 1. The zero-order valence-corrected chi connectivity index (χ0v) is 39.8. The van der Waals surface area contributed by atoms with E-state index in [4.69, 9.17) is 14.2 Å². The smallest absolute Gasteiger partial charge is 0.338 e. The van der Waals surface area contributed by atoms with E-state index in [0.717, 1.165) is 63.4 Å². The van der Waals surface area contributed by atoms with Gasteiger partial charge in [0.05, 0.1) is 37.5 Å². The van der Waals surface area contributed by atoms with Gasteiger partial charge in [-0.2, -0.15) is 0 Å². The first kappa shape index (κ1) is 47.5. The number of rotatable bonds is 13. The van der Waals surface area contributed by atoms with Crippen molar-refractivity contribution in [3.63, 3.8) is 0 Å². The molecule has 4 saturated carbocycles. The predicted octanol–water partition coefficient (Wildman–Crippen LogP) is 9.75. The van der Waals surface area contributed by atoms with E-state index in [1.165, 1.54) is 18.2 Å². The molecule has 5 aliphatic rings. The van der Waals surface area contributed by atoms with Gasteiger partial charge in [0, 0.05) is 26.6 Å². The van der Waals surface area contributed by atoms with Gasteiger partial charge in [0.15, 0.2) is 0 Å². The van der Waals surface area contributed by atoms with Gasteiger partial charge in [0.1, 0.15) is 5.60 Å². The van der Waals surface area contributed by atoms with Crippen molar-refractivity contribution in [2.45, 2.75) is 145 Å². The normalized spacial score (nSPS) is 33.3. The van der Waals surface area contributed by atoms with E-state index in [1.54, 1.807) is 18.9 Å². The quantitative estimate of drug-likeness (QED) is 0.118. The molecule has 1 N–H and O–H groups in total. The molecule has 6 rings (SSSR count). The maximum atomic E-state index is 14.7. The summed E-state index contributed by atoms with van der Waals surface area (Å²) >= 11 is 0. The summed E-state index contributed by atoms with van der Waals surface area (Å²) in [5.74, 6) is 0.242. The maximum Gasteiger partial charge on any atom is 0.338 e. The lowest BCUT2D eigenvalue weighted by molar-refractivity contribution is -0.225. The van der Waals surface area contributed by atoms with Gasteiger partial charge in [-0.25, -0.2) is 4.79 Å². The molecule has 0 saturated heterocycles. The zero-order valence-electron chi connectivity index (χ0n) is 39.8. The van der Waals surface area contributed by atoms with E-state index < -0.39 is 17.0 Å². The number of carbonyl (C=O) groups excluding carboxylic acids is 5. The second kappa shape index (κ2) is 17.6. The molecule has 4 fully saturated rings. The SMILES string of the molecule is C=C(CN(C)C(=O)CCC(=O)OC)C1CCC2(C(=O)NCCC(=O)OCC)CCC3(C)C(CCC4C5(C)CC=C(c6ccc(C(=O)OC(C)(C)C)cc6)C(C)(C)C5CCC43C)C12. The predicted molar refractivity (Wildman–Crippen MR) is 241 cm³/mol. The van der Waals surface area contributed by atoms with Gasteiger partial charge in [0.25, 0.3) is 0 Å². The number of fused-ring (bicyclic) bond motifs is 7. The molecule has 0 aromatic heterocycles. The Hall–Kier alpha value is -3.95. The average Bonchev–Trinajstić information content (AvgIpc) is 3.60. The minimum absolute atomic E-state index is 0.0278. The van der Waals surface area contributed by atoms with Crippen LogP contribution < -0.4 is 5.32 Å². The lowest BCUT2D eigenvalue weighted by Gasteiger charge is -2.72. The van der Waals surface area contributed by atoms with Crippen LogP contribution in [0.25, 0.3) is 5.57 Å². The number of esters is 3. The van der Waals surface area contributed by atoms with E-state index in [2.05, 4.69) is 64.7 Å². The fourth-order valence-corrected chi connectivity index (χ4v) is 14.4. The maximum absolute atomic E-state index is 14.7. The summed E-state index contributed by atoms with van der Waals surface area (Å²) in [6.45, 7) is 25.6. The summed E-state index contributed by atoms with van der Waals surface area (Å²) in [6, 6.07) is 8.00. The van der Waals surface area contributed by atoms with Gasteiger partial charge in [-0.1, -0.05) is 65.0 Å². The van der Waals surface area contributed by atoms with Crippen molar-refractivity contribution in [2.75, 3.05) is 33.9 Å². The highest BCUT2D eigenvalue weighted by Crippen LogP contribution is 2.77. The molecule has 0 radical (unpaired) electrons. The van der Waals surface area contributed by atoms with Crippen LogP contribution in [0.1, 0.15) is 155 Å². The molecule has 9 unspecified atom stereocenters. The summed E-state index contributed by atoms with van der Waals surface area (Å²) < 4.78 is 15.6. The molecule has 62 heavy (non-hydrogen) atoms. The highest BCUT2D eigenvalue weighted by atomic mass is 16.6. The highest BCUT2D eigenvalue weighted by Gasteiger charge is 2.71. The number of amides is 2. The van der Waals surface area contributed by atoms with Crippen LogP contribution in [0.15, 0.2) is 42.5 Å². The Kier molecular flexibility index (Phi) is 13.5. The largest absolute Gasteiger partial charge is 0.469 e. The number of nitrogens with zero attached hydrogens (tertiary/aromatic N) is 1. The Balaban J connectivity index is 1.28. The Labute approximate surface area is 371 Å². The first-order chi connectivity index (χ1) is 29.0. The lowest BCUT2D eigenvalue weighted by Crippen LogP contribution is -2.66. The summed E-state index contributed by atoms with van der Waals surface area (Å²) in [5, 5.41) is 3.21. The van der Waals surface area contributed by atoms with Gasteiger partial charge in [0.2, 0.25) is 11.8 Å². The number of hydrogen-bond acceptors (Lipinski definition) is 8. The zero-order chi connectivity index (χ0) is 45.6. The Morgan fingerprint density at radius 2 is 1.53 bits per heavy atom. The van der Waals surface area contributed by atoms with Crippen LogP contribution in [-0.4, -0.2) is 74.1 Å². The van der Waals surface area contributed by atoms with Crippen molar-refractivity contribution in [3.05, 3.63) is 53.6 Å². The Morgan fingerprint density at radius 1 is 0.839 bits per heavy atom. The van der Waals surface area contributed by atoms with Crippen LogP contribution >= 0.6 is 0 Å². The van der Waals surface area contributed by atoms with Crippen molar-refractivity contribution >= 4 is 35.3 Å². The van der Waals surface area contributed by atoms with Crippen LogP contribution in [0.5, 0.6) is 0 Å². The number of nitrogens with one attached hydrogen (secondary N) is 1. The molecule has 1 aromatic carbocycles. The molecule has 342 valence electrons. The van der Waals surface area contributed by atoms with Gasteiger partial charge in [-0.15, -0.1) is 0 Å². The second-order valence-corrected chi connectivity index (χ2v) is 21.9. The molecule has 5 aliphatic carbocycles. The topological polar surface area (TPSA) is 128 Å². The van der Waals surface area contributed by atoms with Crippen molar-refractivity contribution in [2.24, 2.45) is 56.7 Å². The van der Waals surface area contributed by atoms with E-state index in [0.29, 0.717) is 30.6 Å². The number of methoxy groups -OCH3 is 1. The molecular formula is C52H76N2O8. The van der Waals surface area contributed by atoms with E-state index in [9.17, 15) is 24.0 Å². The minimum Gasteiger partial charge on any atom is -0.469 e. The minimum atomic E-state index is -0.590. The average molecular weight is 857 g/mol. The summed E-state index contributed by atoms with van der Waals surface area (Å²) in [6.07, 6.45) is 11.4. The molecule has 2 amide bonds. The van der Waals surface area contributed by atoms with Gasteiger partial charge in [-0.3, -0.25) is 19.2 Å². The monoisotopic (exact) mass is 857 g/mol. The van der Waals surface area contributed by atoms with Crippen LogP contribution in [0.2, 0.25) is 0 Å². The third-order valence-electron chi connectivity index (χ3n) is 17.4. The van der Waals surface area contributed by atoms with Crippen LogP contribution in [0.3, 0.4) is 0 Å². The molecule has 1 aromatic rings. The number of allylic oxidation sites excluding steroid dienone is 2. The molecular weight excluding hydrogens is 781 g/mol. The first-order valence-corrected chi connectivity index (χ1v) is 23.5. The van der Waals surface area contributed by atoms with E-state index >= 15 is 0 Å². The molecule has 9 atom stereocenters. The fourth-order valence-electron chi connectivity index (χ4n) is 14.4. The van der Waals surface area contributed by atoms with Gasteiger partial charge >= 0.3 is 17.9 Å². The van der Waals surface area contributed by atoms with Crippen molar-refractivity contribution < 1.29 is 38.2 Å². The summed E-state index contributed by atoms with van der Waals surface area (Å²) in [4.78, 5) is 66.5. The number of ether oxygens (including phenoxy) is 3. The highest BCUT2D eigenvalue weighted by molar-refractivity contribution is 5.90. The number of hydrogen-bond donors (Lipinski definition) is 1. The van der Waals surface area contributed by atoms with E-state index in [-0.39, 0.29) is 89.0 Å². The number of carbonyl (C=O) groups is 5. The molecule has 0 heterocycles. The molecule has 0 spiro atoms.